The molecule has 3 heterocycles. The van der Waals surface area contributed by atoms with Gasteiger partial charge < -0.3 is 4.90 Å². The van der Waals surface area contributed by atoms with Crippen molar-refractivity contribution in [2.75, 3.05) is 18.8 Å². The van der Waals surface area contributed by atoms with Crippen LogP contribution in [-0.2, 0) is 0 Å². The Bertz CT molecular complexity index is 618. The minimum Gasteiger partial charge on any atom is -0.338 e. The second kappa shape index (κ2) is 6.94. The monoisotopic (exact) mass is 382 g/mol. The summed E-state index contributed by atoms with van der Waals surface area (Å²) in [6.07, 6.45) is 4.35. The van der Waals surface area contributed by atoms with Gasteiger partial charge in [-0.2, -0.15) is 11.8 Å². The molecule has 3 rings (SSSR count). The van der Waals surface area contributed by atoms with Gasteiger partial charge in [-0.15, -0.1) is 11.3 Å². The predicted octanol–water partition coefficient (Wildman–Crippen LogP) is 4.23. The van der Waals surface area contributed by atoms with Crippen LogP contribution in [0.4, 0.5) is 0 Å². The summed E-state index contributed by atoms with van der Waals surface area (Å²) in [5.41, 5.74) is 0.656. The van der Waals surface area contributed by atoms with Crippen LogP contribution in [0.1, 0.15) is 26.9 Å². The van der Waals surface area contributed by atoms with Crippen molar-refractivity contribution in [1.82, 2.24) is 9.88 Å². The van der Waals surface area contributed by atoms with Crippen LogP contribution in [0.5, 0.6) is 0 Å². The van der Waals surface area contributed by atoms with E-state index in [0.717, 1.165) is 29.7 Å². The van der Waals surface area contributed by atoms with Crippen LogP contribution >= 0.6 is 39.0 Å². The molecule has 0 spiro atoms. The average molecular weight is 383 g/mol. The van der Waals surface area contributed by atoms with E-state index < -0.39 is 0 Å². The molecule has 110 valence electrons. The van der Waals surface area contributed by atoms with E-state index in [9.17, 15) is 4.79 Å². The number of thioether (sulfide) groups is 1. The first-order valence-corrected chi connectivity index (χ1v) is 9.51. The van der Waals surface area contributed by atoms with E-state index in [4.69, 9.17) is 0 Å². The van der Waals surface area contributed by atoms with Gasteiger partial charge in [-0.25, -0.2) is 0 Å². The van der Waals surface area contributed by atoms with Crippen LogP contribution in [0.3, 0.4) is 0 Å². The third kappa shape index (κ3) is 3.67. The topological polar surface area (TPSA) is 33.2 Å². The Labute approximate surface area is 140 Å². The lowest BCUT2D eigenvalue weighted by Gasteiger charge is -2.20. The Kier molecular flexibility index (Phi) is 4.98. The van der Waals surface area contributed by atoms with Crippen molar-refractivity contribution in [3.63, 3.8) is 0 Å². The number of hydrogen-bond acceptors (Lipinski definition) is 4. The molecular formula is C15H15BrN2OS2. The zero-order valence-corrected chi connectivity index (χ0v) is 14.6. The Balaban J connectivity index is 1.69. The van der Waals surface area contributed by atoms with Crippen LogP contribution in [0, 0.1) is 0 Å². The third-order valence-electron chi connectivity index (χ3n) is 3.44. The molecular weight excluding hydrogens is 368 g/mol. The Morgan fingerprint density at radius 3 is 3.05 bits per heavy atom. The SMILES string of the molecule is O=C(c1cncc(Br)c1)N1CCS[C@H](c2cccs2)CC1. The van der Waals surface area contributed by atoms with Crippen molar-refractivity contribution in [2.24, 2.45) is 0 Å². The van der Waals surface area contributed by atoms with Gasteiger partial charge in [0.1, 0.15) is 0 Å². The number of amides is 1. The fourth-order valence-corrected chi connectivity index (χ4v) is 4.99. The van der Waals surface area contributed by atoms with E-state index in [1.54, 1.807) is 23.7 Å². The minimum absolute atomic E-state index is 0.0798. The van der Waals surface area contributed by atoms with Gasteiger partial charge in [0.25, 0.3) is 5.91 Å². The van der Waals surface area contributed by atoms with Crippen LogP contribution in [-0.4, -0.2) is 34.6 Å². The molecule has 2 aromatic heterocycles. The maximum Gasteiger partial charge on any atom is 0.255 e. The number of carbonyl (C=O) groups excluding carboxylic acids is 1. The van der Waals surface area contributed by atoms with Crippen LogP contribution < -0.4 is 0 Å². The number of carbonyl (C=O) groups is 1. The summed E-state index contributed by atoms with van der Waals surface area (Å²) in [6.45, 7) is 1.61. The van der Waals surface area contributed by atoms with Crippen molar-refractivity contribution in [3.8, 4) is 0 Å². The van der Waals surface area contributed by atoms with E-state index in [-0.39, 0.29) is 5.91 Å². The highest BCUT2D eigenvalue weighted by molar-refractivity contribution is 9.10. The lowest BCUT2D eigenvalue weighted by Crippen LogP contribution is -2.33. The number of pyridine rings is 1. The number of halogens is 1. The van der Waals surface area contributed by atoms with Gasteiger partial charge in [-0.1, -0.05) is 6.07 Å². The summed E-state index contributed by atoms with van der Waals surface area (Å²) in [5, 5.41) is 2.64. The molecule has 0 unspecified atom stereocenters. The Hall–Kier alpha value is -0.850. The van der Waals surface area contributed by atoms with Crippen molar-refractivity contribution in [2.45, 2.75) is 11.7 Å². The molecule has 0 N–H and O–H groups in total. The highest BCUT2D eigenvalue weighted by Crippen LogP contribution is 2.36. The molecule has 6 heteroatoms. The molecule has 1 fully saturated rings. The third-order valence-corrected chi connectivity index (χ3v) is 6.32. The molecule has 0 radical (unpaired) electrons. The summed E-state index contributed by atoms with van der Waals surface area (Å²) in [5.74, 6) is 1.06. The van der Waals surface area contributed by atoms with Gasteiger partial charge in [0.05, 0.1) is 5.56 Å². The molecule has 1 aliphatic rings. The normalized spacial score (nSPS) is 19.3. The van der Waals surface area contributed by atoms with Crippen LogP contribution in [0.15, 0.2) is 40.4 Å². The Morgan fingerprint density at radius 1 is 1.38 bits per heavy atom. The van der Waals surface area contributed by atoms with Crippen molar-refractivity contribution < 1.29 is 4.79 Å². The van der Waals surface area contributed by atoms with Gasteiger partial charge in [-0.3, -0.25) is 9.78 Å². The highest BCUT2D eigenvalue weighted by Gasteiger charge is 2.23. The average Bonchev–Trinajstić information content (AvgIpc) is 2.91. The van der Waals surface area contributed by atoms with E-state index >= 15 is 0 Å². The minimum atomic E-state index is 0.0798. The molecule has 0 aliphatic carbocycles. The van der Waals surface area contributed by atoms with Crippen molar-refractivity contribution in [3.05, 3.63) is 50.9 Å². The van der Waals surface area contributed by atoms with Crippen molar-refractivity contribution >= 4 is 44.9 Å². The summed E-state index contributed by atoms with van der Waals surface area (Å²) in [6, 6.07) is 6.13. The van der Waals surface area contributed by atoms with E-state index in [2.05, 4.69) is 38.4 Å². The quantitative estimate of drug-likeness (QED) is 0.778. The van der Waals surface area contributed by atoms with Crippen molar-refractivity contribution in [1.29, 1.82) is 0 Å². The fraction of sp³-hybridized carbons (Fsp3) is 0.333. The summed E-state index contributed by atoms with van der Waals surface area (Å²) in [7, 11) is 0. The molecule has 0 bridgehead atoms. The molecule has 1 atom stereocenters. The number of rotatable bonds is 2. The first-order valence-electron chi connectivity index (χ1n) is 6.79. The molecule has 1 aliphatic heterocycles. The standard InChI is InChI=1S/C15H15BrN2OS2/c16-12-8-11(9-17-10-12)15(19)18-4-3-14(21-7-5-18)13-2-1-6-20-13/h1-2,6,8-10,14H,3-5,7H2/t14-/m0/s1. The zero-order valence-electron chi connectivity index (χ0n) is 11.4. The summed E-state index contributed by atoms with van der Waals surface area (Å²) in [4.78, 5) is 20.0. The van der Waals surface area contributed by atoms with Gasteiger partial charge in [0.2, 0.25) is 0 Å². The molecule has 0 aromatic carbocycles. The second-order valence-electron chi connectivity index (χ2n) is 4.85. The van der Waals surface area contributed by atoms with Crippen LogP contribution in [0.25, 0.3) is 0 Å². The van der Waals surface area contributed by atoms with Crippen LogP contribution in [0.2, 0.25) is 0 Å². The second-order valence-corrected chi connectivity index (χ2v) is 8.05. The summed E-state index contributed by atoms with van der Waals surface area (Å²) >= 11 is 7.13. The number of aromatic nitrogens is 1. The predicted molar refractivity (Wildman–Crippen MR) is 92.0 cm³/mol. The van der Waals surface area contributed by atoms with Gasteiger partial charge in [0, 0.05) is 45.8 Å². The van der Waals surface area contributed by atoms with Gasteiger partial charge in [-0.05, 0) is 39.9 Å². The first kappa shape index (κ1) is 15.1. The lowest BCUT2D eigenvalue weighted by molar-refractivity contribution is 0.0766. The number of hydrogen-bond donors (Lipinski definition) is 0. The highest BCUT2D eigenvalue weighted by atomic mass is 79.9. The molecule has 0 saturated carbocycles. The van der Waals surface area contributed by atoms with E-state index in [1.165, 1.54) is 4.88 Å². The maximum atomic E-state index is 12.6. The fourth-order valence-electron chi connectivity index (χ4n) is 2.39. The maximum absolute atomic E-state index is 12.6. The van der Waals surface area contributed by atoms with Gasteiger partial charge >= 0.3 is 0 Å². The molecule has 1 saturated heterocycles. The van der Waals surface area contributed by atoms with E-state index in [0.29, 0.717) is 10.8 Å². The molecule has 3 nitrogen and oxygen atoms in total. The summed E-state index contributed by atoms with van der Waals surface area (Å²) < 4.78 is 0.842. The number of nitrogens with zero attached hydrogens (tertiary/aromatic N) is 2. The van der Waals surface area contributed by atoms with E-state index in [1.807, 2.05) is 22.7 Å². The number of thiophene rings is 1. The molecule has 1 amide bonds. The Morgan fingerprint density at radius 2 is 2.29 bits per heavy atom. The van der Waals surface area contributed by atoms with Gasteiger partial charge in [0.15, 0.2) is 0 Å². The molecule has 21 heavy (non-hydrogen) atoms. The first-order chi connectivity index (χ1) is 10.2. The smallest absolute Gasteiger partial charge is 0.255 e. The molecule has 2 aromatic rings. The largest absolute Gasteiger partial charge is 0.338 e. The lowest BCUT2D eigenvalue weighted by atomic mass is 10.2. The zero-order chi connectivity index (χ0) is 14.7.